The molecule has 1 aliphatic rings. The van der Waals surface area contributed by atoms with Crippen LogP contribution in [0.1, 0.15) is 38.4 Å². The molecule has 2 aromatic carbocycles. The fourth-order valence-corrected chi connectivity index (χ4v) is 3.42. The van der Waals surface area contributed by atoms with E-state index in [4.69, 9.17) is 13.7 Å². The van der Waals surface area contributed by atoms with Crippen LogP contribution in [0.3, 0.4) is 0 Å². The predicted molar refractivity (Wildman–Crippen MR) is 120 cm³/mol. The Kier molecular flexibility index (Phi) is 7.72. The minimum absolute atomic E-state index is 0.0111. The molecule has 0 radical (unpaired) electrons. The Balaban J connectivity index is 1.38. The van der Waals surface area contributed by atoms with Crippen LogP contribution in [0, 0.1) is 0 Å². The first kappa shape index (κ1) is 23.9. The van der Waals surface area contributed by atoms with E-state index in [1.165, 1.54) is 37.4 Å². The number of nitrogens with zero attached hydrogens (tertiary/aromatic N) is 1. The number of fused-ring (bicyclic) bond motifs is 1. The molecular formula is C21H23N3O8S. The van der Waals surface area contributed by atoms with Crippen LogP contribution in [-0.2, 0) is 24.2 Å². The number of hydrogen-bond acceptors (Lipinski definition) is 9. The molecule has 2 amide bonds. The van der Waals surface area contributed by atoms with E-state index >= 15 is 0 Å². The summed E-state index contributed by atoms with van der Waals surface area (Å²) < 4.78 is 43.6. The molecule has 3 rings (SSSR count). The number of unbranched alkanes of at least 4 members (excludes halogenated alkanes) is 1. The minimum atomic E-state index is -4.38. The van der Waals surface area contributed by atoms with Crippen molar-refractivity contribution >= 4 is 40.0 Å². The van der Waals surface area contributed by atoms with Crippen molar-refractivity contribution in [2.75, 3.05) is 17.2 Å². The van der Waals surface area contributed by atoms with Crippen molar-refractivity contribution in [2.24, 2.45) is 5.16 Å². The van der Waals surface area contributed by atoms with Gasteiger partial charge in [0.05, 0.1) is 12.3 Å². The van der Waals surface area contributed by atoms with E-state index < -0.39 is 16.5 Å². The van der Waals surface area contributed by atoms with Gasteiger partial charge in [-0.25, -0.2) is 9.08 Å². The van der Waals surface area contributed by atoms with E-state index in [2.05, 4.69) is 20.1 Å². The second-order valence-electron chi connectivity index (χ2n) is 6.97. The lowest BCUT2D eigenvalue weighted by molar-refractivity contribution is -0.114. The molecular weight excluding hydrogens is 454 g/mol. The van der Waals surface area contributed by atoms with Crippen LogP contribution < -0.4 is 19.6 Å². The molecule has 33 heavy (non-hydrogen) atoms. The number of ether oxygens (including phenoxy) is 2. The third-order valence-corrected chi connectivity index (χ3v) is 4.97. The molecule has 1 aliphatic heterocycles. The van der Waals surface area contributed by atoms with Crippen LogP contribution in [0.4, 0.5) is 16.2 Å². The molecule has 0 aromatic heterocycles. The lowest BCUT2D eigenvalue weighted by Gasteiger charge is -2.23. The van der Waals surface area contributed by atoms with Gasteiger partial charge in [0.25, 0.3) is 0 Å². The first-order valence-electron chi connectivity index (χ1n) is 9.99. The van der Waals surface area contributed by atoms with Crippen molar-refractivity contribution < 1.29 is 35.9 Å². The lowest BCUT2D eigenvalue weighted by Crippen LogP contribution is -2.23. The maximum atomic E-state index is 11.8. The van der Waals surface area contributed by atoms with Gasteiger partial charge in [0.1, 0.15) is 17.6 Å². The van der Waals surface area contributed by atoms with Gasteiger partial charge in [0.2, 0.25) is 5.91 Å². The summed E-state index contributed by atoms with van der Waals surface area (Å²) in [6, 6.07) is 11.0. The summed E-state index contributed by atoms with van der Waals surface area (Å²) in [5.41, 5.74) is 2.00. The number of benzene rings is 2. The van der Waals surface area contributed by atoms with Crippen molar-refractivity contribution in [3.05, 3.63) is 48.0 Å². The van der Waals surface area contributed by atoms with Crippen LogP contribution in [0.5, 0.6) is 11.5 Å². The number of rotatable bonds is 10. The number of oxime groups is 1. The normalized spacial score (nSPS) is 15.2. The summed E-state index contributed by atoms with van der Waals surface area (Å²) in [7, 11) is -4.38. The molecule has 0 spiro atoms. The van der Waals surface area contributed by atoms with Crippen molar-refractivity contribution in [3.63, 3.8) is 0 Å². The Bertz CT molecular complexity index is 1130. The first-order valence-corrected chi connectivity index (χ1v) is 11.3. The standard InChI is InChI=1S/C21H23N3O8S/c1-14-19-13-18(9-10-20(19)24-21(26)30-14)29-12-4-3-11-22-32-33(27,28)31-17-7-5-16(6-8-17)23-15(2)25/h5-11,13-14H,3-4,12H2,1-2H3,(H,23,25)(H,24,26). The lowest BCUT2D eigenvalue weighted by atomic mass is 10.1. The van der Waals surface area contributed by atoms with Crippen LogP contribution in [-0.4, -0.2) is 33.2 Å². The number of amides is 2. The fraction of sp³-hybridized carbons (Fsp3) is 0.286. The molecule has 2 aromatic rings. The zero-order chi connectivity index (χ0) is 23.8. The molecule has 0 saturated carbocycles. The van der Waals surface area contributed by atoms with Crippen LogP contribution in [0.15, 0.2) is 47.6 Å². The molecule has 0 fully saturated rings. The Morgan fingerprint density at radius 1 is 1.21 bits per heavy atom. The molecule has 2 N–H and O–H groups in total. The molecule has 1 atom stereocenters. The second-order valence-corrected chi connectivity index (χ2v) is 8.10. The molecule has 12 heteroatoms. The predicted octanol–water partition coefficient (Wildman–Crippen LogP) is 3.75. The van der Waals surface area contributed by atoms with Crippen molar-refractivity contribution in [3.8, 4) is 11.5 Å². The van der Waals surface area contributed by atoms with Crippen LogP contribution >= 0.6 is 0 Å². The van der Waals surface area contributed by atoms with Crippen molar-refractivity contribution in [2.45, 2.75) is 32.8 Å². The first-order chi connectivity index (χ1) is 15.7. The van der Waals surface area contributed by atoms with Gasteiger partial charge in [-0.3, -0.25) is 10.1 Å². The maximum absolute atomic E-state index is 11.8. The van der Waals surface area contributed by atoms with Gasteiger partial charge in [0.15, 0.2) is 0 Å². The summed E-state index contributed by atoms with van der Waals surface area (Å²) in [6.07, 6.45) is 1.39. The monoisotopic (exact) mass is 477 g/mol. The smallest absolute Gasteiger partial charge is 0.494 e. The van der Waals surface area contributed by atoms with Gasteiger partial charge >= 0.3 is 16.5 Å². The SMILES string of the molecule is CC(=O)Nc1ccc(OS(=O)(=O)ON=CCCCOc2ccc3c(c2)C(C)OC(=O)N3)cc1. The average Bonchev–Trinajstić information content (AvgIpc) is 2.74. The van der Waals surface area contributed by atoms with Gasteiger partial charge in [-0.2, -0.15) is 0 Å². The van der Waals surface area contributed by atoms with E-state index in [1.54, 1.807) is 25.1 Å². The number of carbonyl (C=O) groups is 2. The highest BCUT2D eigenvalue weighted by Crippen LogP contribution is 2.33. The highest BCUT2D eigenvalue weighted by molar-refractivity contribution is 7.82. The van der Waals surface area contributed by atoms with Crippen LogP contribution in [0.2, 0.25) is 0 Å². The molecule has 1 heterocycles. The third-order valence-electron chi connectivity index (χ3n) is 4.31. The average molecular weight is 477 g/mol. The van der Waals surface area contributed by atoms with Gasteiger partial charge in [0, 0.05) is 24.4 Å². The Morgan fingerprint density at radius 2 is 1.94 bits per heavy atom. The summed E-state index contributed by atoms with van der Waals surface area (Å²) >= 11 is 0. The number of carbonyl (C=O) groups excluding carboxylic acids is 2. The van der Waals surface area contributed by atoms with Crippen LogP contribution in [0.25, 0.3) is 0 Å². The highest BCUT2D eigenvalue weighted by Gasteiger charge is 2.22. The molecule has 176 valence electrons. The van der Waals surface area contributed by atoms with E-state index in [1.807, 2.05) is 0 Å². The zero-order valence-electron chi connectivity index (χ0n) is 17.9. The van der Waals surface area contributed by atoms with Crippen molar-refractivity contribution in [1.82, 2.24) is 0 Å². The molecule has 1 unspecified atom stereocenters. The quantitative estimate of drug-likeness (QED) is 0.299. The Morgan fingerprint density at radius 3 is 2.67 bits per heavy atom. The summed E-state index contributed by atoms with van der Waals surface area (Å²) in [5.74, 6) is 0.382. The largest absolute Gasteiger partial charge is 0.521 e. The summed E-state index contributed by atoms with van der Waals surface area (Å²) in [4.78, 5) is 22.4. The number of nitrogens with one attached hydrogen (secondary N) is 2. The summed E-state index contributed by atoms with van der Waals surface area (Å²) in [5, 5.41) is 8.58. The minimum Gasteiger partial charge on any atom is -0.494 e. The van der Waals surface area contributed by atoms with Crippen molar-refractivity contribution in [1.29, 1.82) is 0 Å². The topological polar surface area (TPSA) is 142 Å². The number of anilines is 2. The van der Waals surface area contributed by atoms with Gasteiger partial charge in [-0.05, 0) is 62.2 Å². The van der Waals surface area contributed by atoms with E-state index in [0.717, 1.165) is 5.56 Å². The fourth-order valence-electron chi connectivity index (χ4n) is 2.87. The number of cyclic esters (lactones) is 1. The van der Waals surface area contributed by atoms with E-state index in [9.17, 15) is 18.0 Å². The van der Waals surface area contributed by atoms with Gasteiger partial charge < -0.3 is 19.0 Å². The Hall–Kier alpha value is -3.80. The van der Waals surface area contributed by atoms with Gasteiger partial charge in [-0.15, -0.1) is 8.42 Å². The molecule has 0 aliphatic carbocycles. The maximum Gasteiger partial charge on any atom is 0.521 e. The number of hydrogen-bond donors (Lipinski definition) is 2. The summed E-state index contributed by atoms with van der Waals surface area (Å²) in [6.45, 7) is 3.49. The molecule has 0 bridgehead atoms. The third kappa shape index (κ3) is 7.38. The van der Waals surface area contributed by atoms with Gasteiger partial charge in [-0.1, -0.05) is 5.16 Å². The van der Waals surface area contributed by atoms with E-state index in [-0.39, 0.29) is 17.8 Å². The molecule has 11 nitrogen and oxygen atoms in total. The molecule has 0 saturated heterocycles. The zero-order valence-corrected chi connectivity index (χ0v) is 18.8. The Labute approximate surface area is 191 Å². The highest BCUT2D eigenvalue weighted by atomic mass is 32.3. The second kappa shape index (κ2) is 10.7. The van der Waals surface area contributed by atoms with E-state index in [0.29, 0.717) is 36.6 Å².